The van der Waals surface area contributed by atoms with E-state index in [0.717, 1.165) is 12.8 Å². The minimum atomic E-state index is -2.06. The average molecular weight is 527 g/mol. The molecule has 11 heteroatoms. The van der Waals surface area contributed by atoms with Crippen LogP contribution in [0.3, 0.4) is 0 Å². The molecule has 0 saturated heterocycles. The number of hydrogen-bond acceptors (Lipinski definition) is 3. The molecule has 0 fully saturated rings. The molecule has 0 bridgehead atoms. The highest BCUT2D eigenvalue weighted by molar-refractivity contribution is 6.68. The Hall–Kier alpha value is 0.120. The van der Waals surface area contributed by atoms with E-state index in [2.05, 4.69) is 10.6 Å². The number of rotatable bonds is 6. The molecular formula is C18H22Cl6N2O3. The molecule has 0 aliphatic heterocycles. The van der Waals surface area contributed by atoms with Crippen LogP contribution in [0.25, 0.3) is 0 Å². The summed E-state index contributed by atoms with van der Waals surface area (Å²) in [6.07, 6.45) is 8.96. The Labute approximate surface area is 200 Å². The summed E-state index contributed by atoms with van der Waals surface area (Å²) in [5.74, 6) is -1.27. The quantitative estimate of drug-likeness (QED) is 0.279. The van der Waals surface area contributed by atoms with Gasteiger partial charge in [0, 0.05) is 11.8 Å². The number of alkyl halides is 6. The monoisotopic (exact) mass is 524 g/mol. The zero-order valence-electron chi connectivity index (χ0n) is 15.4. The topological polar surface area (TPSA) is 67.4 Å². The van der Waals surface area contributed by atoms with E-state index >= 15 is 0 Å². The fraction of sp³-hybridized carbons (Fsp3) is 0.667. The van der Waals surface area contributed by atoms with E-state index < -0.39 is 20.0 Å². The fourth-order valence-electron chi connectivity index (χ4n) is 3.08. The van der Waals surface area contributed by atoms with Crippen molar-refractivity contribution in [1.29, 1.82) is 0 Å². The minimum Gasteiger partial charge on any atom is -0.327 e. The molecule has 4 atom stereocenters. The molecule has 0 spiro atoms. The van der Waals surface area contributed by atoms with Crippen molar-refractivity contribution >= 4 is 81.4 Å². The van der Waals surface area contributed by atoms with Gasteiger partial charge in [-0.15, -0.1) is 0 Å². The molecule has 164 valence electrons. The molecule has 0 aromatic carbocycles. The van der Waals surface area contributed by atoms with Crippen molar-refractivity contribution in [2.45, 2.75) is 58.6 Å². The predicted molar refractivity (Wildman–Crippen MR) is 118 cm³/mol. The van der Waals surface area contributed by atoms with Crippen LogP contribution < -0.4 is 10.6 Å². The van der Waals surface area contributed by atoms with Gasteiger partial charge in [-0.25, -0.2) is 0 Å². The third-order valence-electron chi connectivity index (χ3n) is 4.69. The number of halogens is 6. The van der Waals surface area contributed by atoms with Gasteiger partial charge in [0.25, 0.3) is 0 Å². The average Bonchev–Trinajstić information content (AvgIpc) is 2.66. The highest BCUT2D eigenvalue weighted by Crippen LogP contribution is 2.37. The number of nitrogens with one attached hydrogen (secondary N) is 2. The zero-order valence-corrected chi connectivity index (χ0v) is 19.9. The maximum Gasteiger partial charge on any atom is 0.234 e. The molecule has 0 aromatic heterocycles. The largest absolute Gasteiger partial charge is 0.327 e. The van der Waals surface area contributed by atoms with Gasteiger partial charge in [0.05, 0.1) is 0 Å². The first kappa shape index (κ1) is 25.4. The number of ether oxygens (including phenoxy) is 1. The van der Waals surface area contributed by atoms with E-state index in [1.54, 1.807) is 0 Å². The van der Waals surface area contributed by atoms with Crippen LogP contribution in [0.15, 0.2) is 24.3 Å². The van der Waals surface area contributed by atoms with Gasteiger partial charge in [0.15, 0.2) is 12.5 Å². The van der Waals surface area contributed by atoms with Crippen LogP contribution in [0.4, 0.5) is 0 Å². The number of carbonyl (C=O) groups is 2. The molecule has 0 radical (unpaired) electrons. The van der Waals surface area contributed by atoms with Crippen molar-refractivity contribution in [2.75, 3.05) is 0 Å². The van der Waals surface area contributed by atoms with E-state index in [-0.39, 0.29) is 23.7 Å². The molecule has 2 aliphatic carbocycles. The van der Waals surface area contributed by atoms with Gasteiger partial charge >= 0.3 is 0 Å². The van der Waals surface area contributed by atoms with Crippen molar-refractivity contribution in [3.63, 3.8) is 0 Å². The third-order valence-corrected chi connectivity index (χ3v) is 5.88. The molecule has 2 amide bonds. The standard InChI is InChI=1S/C18H22Cl6N2O3/c19-17(20,21)15(25-13(27)11-7-3-1-4-8-11)29-16(18(22,23)24)26-14(28)12-9-5-2-6-10-12/h1-3,5,11-12,15-16H,4,6-10H2,(H,25,27)(H,26,28)/t11-,12+,15-,16-/m0/s1. The molecule has 29 heavy (non-hydrogen) atoms. The summed E-state index contributed by atoms with van der Waals surface area (Å²) in [4.78, 5) is 25.1. The zero-order chi connectivity index (χ0) is 21.7. The smallest absolute Gasteiger partial charge is 0.234 e. The molecule has 2 rings (SSSR count). The van der Waals surface area contributed by atoms with E-state index in [9.17, 15) is 9.59 Å². The van der Waals surface area contributed by atoms with Crippen molar-refractivity contribution < 1.29 is 14.3 Å². The van der Waals surface area contributed by atoms with Gasteiger partial charge in [0.2, 0.25) is 19.4 Å². The van der Waals surface area contributed by atoms with E-state index in [1.165, 1.54) is 0 Å². The second-order valence-corrected chi connectivity index (χ2v) is 11.7. The molecule has 0 saturated carbocycles. The first-order valence-corrected chi connectivity index (χ1v) is 11.4. The molecule has 2 aliphatic rings. The Balaban J connectivity index is 2.09. The van der Waals surface area contributed by atoms with Crippen molar-refractivity contribution in [3.05, 3.63) is 24.3 Å². The van der Waals surface area contributed by atoms with Gasteiger partial charge in [0.1, 0.15) is 0 Å². The summed E-state index contributed by atoms with van der Waals surface area (Å²) in [7, 11) is 0. The summed E-state index contributed by atoms with van der Waals surface area (Å²) >= 11 is 35.9. The van der Waals surface area contributed by atoms with Crippen LogP contribution in [0.2, 0.25) is 0 Å². The van der Waals surface area contributed by atoms with Gasteiger partial charge in [-0.3, -0.25) is 9.59 Å². The SMILES string of the molecule is O=C(N[C@@H](O[C@H](NC(=O)[C@H]1CC=CCC1)C(Cl)(Cl)Cl)C(Cl)(Cl)Cl)[C@@H]1CC=CCC1. The fourth-order valence-corrected chi connectivity index (χ4v) is 3.72. The number of amides is 2. The molecule has 0 unspecified atom stereocenters. The van der Waals surface area contributed by atoms with Gasteiger partial charge in [-0.2, -0.15) is 0 Å². The lowest BCUT2D eigenvalue weighted by Gasteiger charge is -2.34. The van der Waals surface area contributed by atoms with E-state index in [4.69, 9.17) is 74.3 Å². The van der Waals surface area contributed by atoms with Crippen molar-refractivity contribution in [2.24, 2.45) is 11.8 Å². The minimum absolute atomic E-state index is 0.284. The van der Waals surface area contributed by atoms with Crippen molar-refractivity contribution in [3.8, 4) is 0 Å². The van der Waals surface area contributed by atoms with Gasteiger partial charge in [-0.1, -0.05) is 93.9 Å². The van der Waals surface area contributed by atoms with Crippen LogP contribution in [-0.2, 0) is 14.3 Å². The lowest BCUT2D eigenvalue weighted by molar-refractivity contribution is -0.137. The maximum absolute atomic E-state index is 12.6. The lowest BCUT2D eigenvalue weighted by atomic mass is 9.93. The first-order chi connectivity index (χ1) is 13.5. The molecule has 2 N–H and O–H groups in total. The van der Waals surface area contributed by atoms with Crippen LogP contribution in [0.1, 0.15) is 38.5 Å². The molecular weight excluding hydrogens is 505 g/mol. The summed E-state index contributed by atoms with van der Waals surface area (Å²) < 4.78 is 1.49. The molecule has 0 aromatic rings. The molecule has 5 nitrogen and oxygen atoms in total. The number of allylic oxidation sites excluding steroid dienone is 4. The lowest BCUT2D eigenvalue weighted by Crippen LogP contribution is -2.56. The van der Waals surface area contributed by atoms with Crippen LogP contribution >= 0.6 is 69.6 Å². The van der Waals surface area contributed by atoms with E-state index in [0.29, 0.717) is 25.7 Å². The Kier molecular flexibility index (Phi) is 9.74. The Morgan fingerprint density at radius 2 is 1.14 bits per heavy atom. The summed E-state index contributed by atoms with van der Waals surface area (Å²) in [6, 6.07) is 0. The summed E-state index contributed by atoms with van der Waals surface area (Å²) in [5.41, 5.74) is 0. The van der Waals surface area contributed by atoms with Gasteiger partial charge in [-0.05, 0) is 38.5 Å². The summed E-state index contributed by atoms with van der Waals surface area (Å²) in [6.45, 7) is 0. The number of hydrogen-bond donors (Lipinski definition) is 2. The highest BCUT2D eigenvalue weighted by atomic mass is 35.6. The van der Waals surface area contributed by atoms with E-state index in [1.807, 2.05) is 24.3 Å². The maximum atomic E-state index is 12.6. The summed E-state index contributed by atoms with van der Waals surface area (Å²) in [5, 5.41) is 5.11. The van der Waals surface area contributed by atoms with Crippen LogP contribution in [0.5, 0.6) is 0 Å². The normalized spacial score (nSPS) is 24.6. The first-order valence-electron chi connectivity index (χ1n) is 9.18. The predicted octanol–water partition coefficient (Wildman–Crippen LogP) is 5.34. The Bertz CT molecular complexity index is 590. The third kappa shape index (κ3) is 8.29. The second kappa shape index (κ2) is 11.1. The van der Waals surface area contributed by atoms with Crippen LogP contribution in [0, 0.1) is 11.8 Å². The Morgan fingerprint density at radius 1 is 0.759 bits per heavy atom. The van der Waals surface area contributed by atoms with Gasteiger partial charge < -0.3 is 15.4 Å². The van der Waals surface area contributed by atoms with Crippen LogP contribution in [-0.4, -0.2) is 31.9 Å². The highest BCUT2D eigenvalue weighted by Gasteiger charge is 2.44. The number of carbonyl (C=O) groups excluding carboxylic acids is 2. The Morgan fingerprint density at radius 3 is 1.41 bits per heavy atom. The second-order valence-electron chi connectivity index (χ2n) is 6.96. The van der Waals surface area contributed by atoms with Crippen molar-refractivity contribution in [1.82, 2.24) is 10.6 Å². The molecule has 0 heterocycles.